The quantitative estimate of drug-likeness (QED) is 0.676. The zero-order chi connectivity index (χ0) is 12.7. The number of rotatable bonds is 2. The van der Waals surface area contributed by atoms with Gasteiger partial charge in [-0.2, -0.15) is 0 Å². The summed E-state index contributed by atoms with van der Waals surface area (Å²) in [6.07, 6.45) is 1.64. The molecular weight excluding hydrogens is 208 g/mol. The number of carbonyl (C=O) groups is 1. The number of aldehydes is 1. The Morgan fingerprint density at radius 2 is 1.62 bits per heavy atom. The Bertz CT molecular complexity index is 322. The summed E-state index contributed by atoms with van der Waals surface area (Å²) in [4.78, 5) is 9.62. The number of phenols is 3. The topological polar surface area (TPSA) is 77.8 Å². The van der Waals surface area contributed by atoms with Crippen LogP contribution in [0.2, 0.25) is 0 Å². The molecule has 0 saturated heterocycles. The zero-order valence-electron chi connectivity index (χ0n) is 9.77. The van der Waals surface area contributed by atoms with Crippen molar-refractivity contribution in [2.24, 2.45) is 5.92 Å². The standard InChI is InChI=1S/C7H8O3.C5H10O/c1-4-6(9)2-5(8)3-7(4)10;1-5(2)3-4-6/h2-3,8-10H,1H3;4-5H,3H2,1-2H3. The van der Waals surface area contributed by atoms with Crippen LogP contribution in [0.1, 0.15) is 25.8 Å². The van der Waals surface area contributed by atoms with Crippen molar-refractivity contribution in [3.63, 3.8) is 0 Å². The van der Waals surface area contributed by atoms with Crippen molar-refractivity contribution in [3.8, 4) is 17.2 Å². The Morgan fingerprint density at radius 3 is 1.88 bits per heavy atom. The fourth-order valence-electron chi connectivity index (χ4n) is 0.862. The summed E-state index contributed by atoms with van der Waals surface area (Å²) in [5.74, 6) is 0.193. The van der Waals surface area contributed by atoms with Crippen LogP contribution in [0, 0.1) is 12.8 Å². The third kappa shape index (κ3) is 5.24. The van der Waals surface area contributed by atoms with Gasteiger partial charge in [0.2, 0.25) is 0 Å². The van der Waals surface area contributed by atoms with Gasteiger partial charge >= 0.3 is 0 Å². The Labute approximate surface area is 95.2 Å². The minimum atomic E-state index is -0.138. The lowest BCUT2D eigenvalue weighted by atomic mass is 10.2. The predicted octanol–water partition coefficient (Wildman–Crippen LogP) is 2.34. The van der Waals surface area contributed by atoms with Crippen LogP contribution < -0.4 is 0 Å². The lowest BCUT2D eigenvalue weighted by Gasteiger charge is -2.01. The van der Waals surface area contributed by atoms with Gasteiger partial charge in [-0.15, -0.1) is 0 Å². The smallest absolute Gasteiger partial charge is 0.125 e. The van der Waals surface area contributed by atoms with E-state index in [1.54, 1.807) is 6.92 Å². The van der Waals surface area contributed by atoms with E-state index in [-0.39, 0.29) is 17.2 Å². The van der Waals surface area contributed by atoms with Gasteiger partial charge in [0.05, 0.1) is 0 Å². The minimum absolute atomic E-state index is 0.0995. The summed E-state index contributed by atoms with van der Waals surface area (Å²) in [7, 11) is 0. The van der Waals surface area contributed by atoms with E-state index >= 15 is 0 Å². The van der Waals surface area contributed by atoms with E-state index in [9.17, 15) is 4.79 Å². The van der Waals surface area contributed by atoms with Gasteiger partial charge in [-0.1, -0.05) is 13.8 Å². The molecular formula is C12H18O4. The molecule has 0 fully saturated rings. The zero-order valence-corrected chi connectivity index (χ0v) is 9.77. The molecule has 0 aliphatic rings. The summed E-state index contributed by atoms with van der Waals surface area (Å²) in [6.45, 7) is 5.60. The van der Waals surface area contributed by atoms with Crippen LogP contribution in [-0.4, -0.2) is 21.6 Å². The van der Waals surface area contributed by atoms with Crippen molar-refractivity contribution in [2.45, 2.75) is 27.2 Å². The molecule has 1 aromatic carbocycles. The van der Waals surface area contributed by atoms with E-state index < -0.39 is 0 Å². The predicted molar refractivity (Wildman–Crippen MR) is 61.7 cm³/mol. The molecule has 1 aromatic rings. The fraction of sp³-hybridized carbons (Fsp3) is 0.417. The van der Waals surface area contributed by atoms with E-state index in [0.29, 0.717) is 17.9 Å². The monoisotopic (exact) mass is 226 g/mol. The maximum Gasteiger partial charge on any atom is 0.125 e. The van der Waals surface area contributed by atoms with Crippen LogP contribution in [0.4, 0.5) is 0 Å². The lowest BCUT2D eigenvalue weighted by Crippen LogP contribution is -1.84. The van der Waals surface area contributed by atoms with E-state index in [2.05, 4.69) is 0 Å². The molecule has 0 unspecified atom stereocenters. The van der Waals surface area contributed by atoms with Gasteiger partial charge in [0.1, 0.15) is 23.5 Å². The largest absolute Gasteiger partial charge is 0.508 e. The first-order valence-corrected chi connectivity index (χ1v) is 5.03. The second kappa shape index (κ2) is 6.71. The molecule has 0 heterocycles. The molecule has 0 saturated carbocycles. The average molecular weight is 226 g/mol. The van der Waals surface area contributed by atoms with Crippen LogP contribution in [0.15, 0.2) is 12.1 Å². The van der Waals surface area contributed by atoms with Crippen LogP contribution >= 0.6 is 0 Å². The molecule has 4 heteroatoms. The molecule has 0 amide bonds. The highest BCUT2D eigenvalue weighted by Crippen LogP contribution is 2.30. The van der Waals surface area contributed by atoms with Gasteiger partial charge < -0.3 is 20.1 Å². The molecule has 0 spiro atoms. The highest BCUT2D eigenvalue weighted by Gasteiger charge is 2.02. The Balaban J connectivity index is 0.000000325. The second-order valence-electron chi connectivity index (χ2n) is 3.91. The fourth-order valence-corrected chi connectivity index (χ4v) is 0.862. The number of phenolic OH excluding ortho intramolecular Hbond substituents is 3. The molecule has 0 aromatic heterocycles. The minimum Gasteiger partial charge on any atom is -0.508 e. The normalized spacial score (nSPS) is 9.50. The van der Waals surface area contributed by atoms with Crippen molar-refractivity contribution >= 4 is 6.29 Å². The van der Waals surface area contributed by atoms with E-state index in [0.717, 1.165) is 6.29 Å². The Hall–Kier alpha value is -1.71. The van der Waals surface area contributed by atoms with Crippen LogP contribution in [-0.2, 0) is 4.79 Å². The van der Waals surface area contributed by atoms with Gasteiger partial charge in [-0.3, -0.25) is 0 Å². The number of hydrogen-bond donors (Lipinski definition) is 3. The Kier molecular flexibility index (Phi) is 6.00. The lowest BCUT2D eigenvalue weighted by molar-refractivity contribution is -0.108. The van der Waals surface area contributed by atoms with Gasteiger partial charge in [-0.05, 0) is 12.8 Å². The summed E-state index contributed by atoms with van der Waals surface area (Å²) >= 11 is 0. The maximum atomic E-state index is 9.62. The average Bonchev–Trinajstić information content (AvgIpc) is 2.14. The van der Waals surface area contributed by atoms with Crippen LogP contribution in [0.3, 0.4) is 0 Å². The number of aromatic hydroxyl groups is 3. The number of hydrogen-bond acceptors (Lipinski definition) is 4. The van der Waals surface area contributed by atoms with Crippen molar-refractivity contribution < 1.29 is 20.1 Å². The molecule has 4 nitrogen and oxygen atoms in total. The third-order valence-electron chi connectivity index (χ3n) is 1.91. The summed E-state index contributed by atoms with van der Waals surface area (Å²) in [5, 5.41) is 26.7. The Morgan fingerprint density at radius 1 is 1.19 bits per heavy atom. The highest BCUT2D eigenvalue weighted by molar-refractivity contribution is 5.49. The SMILES string of the molecule is CC(C)CC=O.Cc1c(O)cc(O)cc1O. The van der Waals surface area contributed by atoms with E-state index in [1.807, 2.05) is 13.8 Å². The number of benzene rings is 1. The molecule has 3 N–H and O–H groups in total. The summed E-state index contributed by atoms with van der Waals surface area (Å²) < 4.78 is 0. The molecule has 0 radical (unpaired) electrons. The first-order chi connectivity index (χ1) is 7.38. The van der Waals surface area contributed by atoms with Gasteiger partial charge in [0.15, 0.2) is 0 Å². The molecule has 1 rings (SSSR count). The molecule has 0 bridgehead atoms. The summed E-state index contributed by atoms with van der Waals surface area (Å²) in [5.41, 5.74) is 0.373. The first-order valence-electron chi connectivity index (χ1n) is 5.03. The first kappa shape index (κ1) is 14.3. The third-order valence-corrected chi connectivity index (χ3v) is 1.91. The summed E-state index contributed by atoms with van der Waals surface area (Å²) in [6, 6.07) is 2.35. The maximum absolute atomic E-state index is 9.62. The number of carbonyl (C=O) groups excluding carboxylic acids is 1. The van der Waals surface area contributed by atoms with E-state index in [1.165, 1.54) is 12.1 Å². The molecule has 90 valence electrons. The van der Waals surface area contributed by atoms with Crippen molar-refractivity contribution in [1.82, 2.24) is 0 Å². The van der Waals surface area contributed by atoms with Crippen molar-refractivity contribution in [2.75, 3.05) is 0 Å². The van der Waals surface area contributed by atoms with Gasteiger partial charge in [0.25, 0.3) is 0 Å². The van der Waals surface area contributed by atoms with Crippen molar-refractivity contribution in [1.29, 1.82) is 0 Å². The van der Waals surface area contributed by atoms with E-state index in [4.69, 9.17) is 15.3 Å². The van der Waals surface area contributed by atoms with Crippen LogP contribution in [0.5, 0.6) is 17.2 Å². The molecule has 0 atom stereocenters. The highest BCUT2D eigenvalue weighted by atomic mass is 16.3. The second-order valence-corrected chi connectivity index (χ2v) is 3.91. The molecule has 0 aliphatic heterocycles. The van der Waals surface area contributed by atoms with Crippen LogP contribution in [0.25, 0.3) is 0 Å². The van der Waals surface area contributed by atoms with Gasteiger partial charge in [-0.25, -0.2) is 0 Å². The molecule has 16 heavy (non-hydrogen) atoms. The van der Waals surface area contributed by atoms with Crippen molar-refractivity contribution in [3.05, 3.63) is 17.7 Å². The molecule has 0 aliphatic carbocycles. The van der Waals surface area contributed by atoms with Gasteiger partial charge in [0, 0.05) is 24.1 Å².